The van der Waals surface area contributed by atoms with Crippen LogP contribution in [0.2, 0.25) is 0 Å². The largest absolute Gasteiger partial charge is 0.465 e. The highest BCUT2D eigenvalue weighted by molar-refractivity contribution is 9.28. The number of para-hydroxylation sites is 1. The molecule has 4 rings (SSSR count). The summed E-state index contributed by atoms with van der Waals surface area (Å²) in [6.07, 6.45) is 0.960. The fourth-order valence-corrected chi connectivity index (χ4v) is 5.94. The van der Waals surface area contributed by atoms with E-state index in [1.165, 1.54) is 9.58 Å². The topological polar surface area (TPSA) is 137 Å². The van der Waals surface area contributed by atoms with Gasteiger partial charge in [-0.2, -0.15) is 9.94 Å². The third-order valence-corrected chi connectivity index (χ3v) is 8.83. The van der Waals surface area contributed by atoms with Gasteiger partial charge in [0.25, 0.3) is 0 Å². The van der Waals surface area contributed by atoms with Gasteiger partial charge in [-0.25, -0.2) is 9.78 Å². The number of hydrogen-bond donors (Lipinski definition) is 0. The molecule has 1 aromatic heterocycles. The third-order valence-electron chi connectivity index (χ3n) is 7.40. The van der Waals surface area contributed by atoms with Gasteiger partial charge in [0.2, 0.25) is 6.10 Å². The number of carbonyl (C=O) groups excluding carboxylic acids is 3. The smallest absolute Gasteiger partial charge is 0.346 e. The molecule has 0 aliphatic heterocycles. The van der Waals surface area contributed by atoms with E-state index in [9.17, 15) is 19.6 Å². The van der Waals surface area contributed by atoms with Crippen LogP contribution < -0.4 is 4.74 Å². The predicted molar refractivity (Wildman–Crippen MR) is 195 cm³/mol. The molecule has 3 atom stereocenters. The van der Waals surface area contributed by atoms with Crippen LogP contribution >= 0.6 is 43.6 Å². The lowest BCUT2D eigenvalue weighted by Crippen LogP contribution is -2.29. The molecular formula is C35H41Br2N5O6S. The number of hydrogen-bond acceptors (Lipinski definition) is 10. The summed E-state index contributed by atoms with van der Waals surface area (Å²) in [5.74, 6) is 0.995. The van der Waals surface area contributed by atoms with Crippen LogP contribution in [0.1, 0.15) is 59.0 Å². The summed E-state index contributed by atoms with van der Waals surface area (Å²) in [5.41, 5.74) is 0.0932. The fourth-order valence-electron chi connectivity index (χ4n) is 4.65. The number of aromatic nitrogens is 3. The van der Waals surface area contributed by atoms with E-state index in [0.29, 0.717) is 34.7 Å². The van der Waals surface area contributed by atoms with E-state index in [-0.39, 0.29) is 46.4 Å². The van der Waals surface area contributed by atoms with Crippen molar-refractivity contribution in [3.8, 4) is 17.6 Å². The minimum absolute atomic E-state index is 0.0563. The van der Waals surface area contributed by atoms with Crippen molar-refractivity contribution in [2.24, 2.45) is 17.3 Å². The number of amides is 1. The second-order valence-electron chi connectivity index (χ2n) is 12.9. The molecule has 0 spiro atoms. The van der Waals surface area contributed by atoms with Crippen LogP contribution in [0, 0.1) is 28.6 Å². The molecule has 3 aromatic rings. The number of benzene rings is 2. The van der Waals surface area contributed by atoms with Gasteiger partial charge in [-0.3, -0.25) is 9.59 Å². The summed E-state index contributed by atoms with van der Waals surface area (Å²) in [5, 5.41) is 14.2. The molecule has 49 heavy (non-hydrogen) atoms. The summed E-state index contributed by atoms with van der Waals surface area (Å²) in [4.78, 5) is 42.0. The van der Waals surface area contributed by atoms with Gasteiger partial charge in [-0.1, -0.05) is 82.8 Å². The Morgan fingerprint density at radius 2 is 1.76 bits per heavy atom. The fraction of sp³-hybridized carbons (Fsp3) is 0.429. The Hall–Kier alpha value is -3.67. The maximum atomic E-state index is 12.7. The third kappa shape index (κ3) is 11.2. The zero-order valence-electron chi connectivity index (χ0n) is 28.8. The first-order chi connectivity index (χ1) is 23.0. The van der Waals surface area contributed by atoms with E-state index >= 15 is 0 Å². The number of halogens is 2. The summed E-state index contributed by atoms with van der Waals surface area (Å²) < 4.78 is 18.3. The summed E-state index contributed by atoms with van der Waals surface area (Å²) in [7, 11) is 3.28. The monoisotopic (exact) mass is 817 g/mol. The van der Waals surface area contributed by atoms with Crippen LogP contribution in [0.15, 0.2) is 69.2 Å². The zero-order valence-corrected chi connectivity index (χ0v) is 32.8. The molecule has 1 aliphatic rings. The molecule has 1 heterocycles. The number of allylic oxidation sites excluding steroid dienone is 1. The highest BCUT2D eigenvalue weighted by atomic mass is 79.9. The Bertz CT molecular complexity index is 1690. The van der Waals surface area contributed by atoms with Crippen molar-refractivity contribution in [1.82, 2.24) is 19.7 Å². The Morgan fingerprint density at radius 3 is 2.33 bits per heavy atom. The highest BCUT2D eigenvalue weighted by Gasteiger charge is 2.61. The molecule has 262 valence electrons. The molecule has 0 radical (unpaired) electrons. The Balaban J connectivity index is 0.000000278. The summed E-state index contributed by atoms with van der Waals surface area (Å²) >= 11 is 7.82. The molecule has 1 aliphatic carbocycles. The van der Waals surface area contributed by atoms with Gasteiger partial charge in [-0.05, 0) is 74.4 Å². The van der Waals surface area contributed by atoms with Crippen LogP contribution in [0.25, 0.3) is 0 Å². The van der Waals surface area contributed by atoms with E-state index in [4.69, 9.17) is 14.2 Å². The van der Waals surface area contributed by atoms with Gasteiger partial charge in [0, 0.05) is 25.1 Å². The molecular weight excluding hydrogens is 778 g/mol. The molecule has 2 aromatic carbocycles. The first-order valence-electron chi connectivity index (χ1n) is 15.4. The van der Waals surface area contributed by atoms with Crippen molar-refractivity contribution < 1.29 is 28.6 Å². The van der Waals surface area contributed by atoms with Gasteiger partial charge in [-0.15, -0.1) is 5.10 Å². The van der Waals surface area contributed by atoms with Crippen molar-refractivity contribution >= 4 is 61.6 Å². The summed E-state index contributed by atoms with van der Waals surface area (Å²) in [6.45, 7) is 12.0. The average molecular weight is 820 g/mol. The first-order valence-corrected chi connectivity index (χ1v) is 18.0. The van der Waals surface area contributed by atoms with Gasteiger partial charge >= 0.3 is 18.0 Å². The number of esters is 2. The Labute approximate surface area is 308 Å². The van der Waals surface area contributed by atoms with Crippen LogP contribution in [0.5, 0.6) is 11.5 Å². The van der Waals surface area contributed by atoms with E-state index in [0.717, 1.165) is 15.2 Å². The standard InChI is InChI=1S/C22H19Br2NO3.C13H22N4O3S/c1-22(2)17(12-19(23)24)20(22)21(26)28-18(13-25)14-7-6-10-16(11-14)27-15-8-4-3-5-9-15;1-7-20-9(18)8-21-11-14-10(13(2,3)4)15-17(11)12(19)16(5)6/h3-12,17-18,20H,1-2H3;7-8H2,1-6H3/t17-,18+,20-;/m0./s1. The molecule has 11 nitrogen and oxygen atoms in total. The van der Waals surface area contributed by atoms with Crippen LogP contribution in [0.4, 0.5) is 4.79 Å². The summed E-state index contributed by atoms with van der Waals surface area (Å²) in [6, 6.07) is 18.2. The van der Waals surface area contributed by atoms with Gasteiger partial charge in [0.15, 0.2) is 11.0 Å². The lowest BCUT2D eigenvalue weighted by molar-refractivity contribution is -0.149. The number of thioether (sulfide) groups is 1. The van der Waals surface area contributed by atoms with Crippen molar-refractivity contribution in [2.75, 3.05) is 26.5 Å². The molecule has 0 N–H and O–H groups in total. The lowest BCUT2D eigenvalue weighted by Gasteiger charge is -2.13. The van der Waals surface area contributed by atoms with Gasteiger partial charge < -0.3 is 19.1 Å². The molecule has 0 bridgehead atoms. The zero-order chi connectivity index (χ0) is 36.5. The van der Waals surface area contributed by atoms with E-state index in [2.05, 4.69) is 48.0 Å². The van der Waals surface area contributed by atoms with Crippen molar-refractivity contribution in [3.05, 3.63) is 75.5 Å². The van der Waals surface area contributed by atoms with Crippen molar-refractivity contribution in [1.29, 1.82) is 5.26 Å². The molecule has 1 fully saturated rings. The quantitative estimate of drug-likeness (QED) is 0.145. The van der Waals surface area contributed by atoms with E-state index in [1.54, 1.807) is 45.3 Å². The van der Waals surface area contributed by atoms with Gasteiger partial charge in [0.05, 0.1) is 21.7 Å². The molecule has 14 heteroatoms. The van der Waals surface area contributed by atoms with E-state index in [1.807, 2.05) is 71.0 Å². The molecule has 1 amide bonds. The van der Waals surface area contributed by atoms with Gasteiger partial charge in [0.1, 0.15) is 17.6 Å². The maximum Gasteiger partial charge on any atom is 0.346 e. The van der Waals surface area contributed by atoms with E-state index < -0.39 is 6.10 Å². The number of nitrogens with zero attached hydrogens (tertiary/aromatic N) is 5. The van der Waals surface area contributed by atoms with Crippen LogP contribution in [0.3, 0.4) is 0 Å². The normalized spacial score (nSPS) is 16.5. The number of carbonyl (C=O) groups is 3. The first kappa shape index (κ1) is 39.8. The Kier molecular flexibility index (Phi) is 14.1. The second kappa shape index (κ2) is 17.3. The van der Waals surface area contributed by atoms with Crippen LogP contribution in [-0.2, 0) is 24.5 Å². The lowest BCUT2D eigenvalue weighted by atomic mass is 9.96. The molecule has 0 unspecified atom stereocenters. The van der Waals surface area contributed by atoms with Crippen molar-refractivity contribution in [2.45, 2.75) is 58.2 Å². The number of nitriles is 1. The molecule has 1 saturated carbocycles. The SMILES string of the molecule is CC1(C)[C@H](C(=O)O[C@H](C#N)c2cccc(Oc3ccccc3)c2)[C@@H]1C=C(Br)Br.CCOC(=O)CSc1nc(C(C)(C)C)nn1C(=O)N(C)C. The van der Waals surface area contributed by atoms with Crippen molar-refractivity contribution in [3.63, 3.8) is 0 Å². The minimum Gasteiger partial charge on any atom is -0.465 e. The Morgan fingerprint density at radius 1 is 1.10 bits per heavy atom. The number of rotatable bonds is 10. The maximum absolute atomic E-state index is 12.7. The second-order valence-corrected chi connectivity index (χ2v) is 16.6. The predicted octanol–water partition coefficient (Wildman–Crippen LogP) is 8.25. The number of ether oxygens (including phenoxy) is 3. The minimum atomic E-state index is -0.986. The molecule has 0 saturated heterocycles. The highest BCUT2D eigenvalue weighted by Crippen LogP contribution is 2.60. The van der Waals surface area contributed by atoms with Crippen LogP contribution in [-0.4, -0.2) is 64.1 Å². The average Bonchev–Trinajstić information content (AvgIpc) is 3.33.